The predicted molar refractivity (Wildman–Crippen MR) is 65.2 cm³/mol. The van der Waals surface area contributed by atoms with E-state index in [-0.39, 0.29) is 0 Å². The summed E-state index contributed by atoms with van der Waals surface area (Å²) < 4.78 is 21.0. The van der Waals surface area contributed by atoms with Crippen molar-refractivity contribution in [3.05, 3.63) is 0 Å². The van der Waals surface area contributed by atoms with E-state index >= 15 is 0 Å². The Balaban J connectivity index is 2.89. The zero-order valence-corrected chi connectivity index (χ0v) is 11.0. The molecule has 5 nitrogen and oxygen atoms in total. The Bertz CT molecular complexity index is 141. The van der Waals surface area contributed by atoms with Gasteiger partial charge in [-0.05, 0) is 13.3 Å². The molecule has 0 bridgehead atoms. The van der Waals surface area contributed by atoms with Crippen molar-refractivity contribution in [2.75, 3.05) is 52.9 Å². The molecule has 1 atom stereocenters. The van der Waals surface area contributed by atoms with Crippen LogP contribution in [0.25, 0.3) is 0 Å². The van der Waals surface area contributed by atoms with E-state index in [1.54, 1.807) is 6.92 Å². The summed E-state index contributed by atoms with van der Waals surface area (Å²) in [4.78, 5) is 0. The average Bonchev–Trinajstić information content (AvgIpc) is 2.30. The summed E-state index contributed by atoms with van der Waals surface area (Å²) >= 11 is 0. The van der Waals surface area contributed by atoms with Crippen molar-refractivity contribution in [1.29, 1.82) is 0 Å². The van der Waals surface area contributed by atoms with Crippen molar-refractivity contribution >= 4 is 0 Å². The van der Waals surface area contributed by atoms with Gasteiger partial charge < -0.3 is 24.1 Å². The molecule has 1 N–H and O–H groups in total. The second-order valence-corrected chi connectivity index (χ2v) is 3.76. The molecule has 0 saturated carbocycles. The molecule has 0 aromatic carbocycles. The largest absolute Gasteiger partial charge is 0.391 e. The SMILES string of the molecule is CCCOCCOCCOCCOCC(C)O. The van der Waals surface area contributed by atoms with Crippen LogP contribution in [-0.2, 0) is 18.9 Å². The van der Waals surface area contributed by atoms with Gasteiger partial charge in [0.15, 0.2) is 0 Å². The van der Waals surface area contributed by atoms with Crippen molar-refractivity contribution in [1.82, 2.24) is 0 Å². The third kappa shape index (κ3) is 15.8. The zero-order chi connectivity index (χ0) is 12.8. The molecule has 104 valence electrons. The molecule has 0 amide bonds. The van der Waals surface area contributed by atoms with Gasteiger partial charge in [-0.3, -0.25) is 0 Å². The summed E-state index contributed by atoms with van der Waals surface area (Å²) in [6.07, 6.45) is 0.622. The van der Waals surface area contributed by atoms with Crippen molar-refractivity contribution in [3.8, 4) is 0 Å². The van der Waals surface area contributed by atoms with Crippen LogP contribution in [0, 0.1) is 0 Å². The van der Waals surface area contributed by atoms with Gasteiger partial charge in [0.1, 0.15) is 0 Å². The van der Waals surface area contributed by atoms with Gasteiger partial charge in [0.25, 0.3) is 0 Å². The lowest BCUT2D eigenvalue weighted by molar-refractivity contribution is -0.0140. The molecular formula is C12H26O5. The molecule has 0 aliphatic carbocycles. The number of hydrogen-bond acceptors (Lipinski definition) is 5. The maximum atomic E-state index is 8.92. The number of ether oxygens (including phenoxy) is 4. The molecule has 0 fully saturated rings. The Hall–Kier alpha value is -0.200. The number of aliphatic hydroxyl groups is 1. The van der Waals surface area contributed by atoms with Crippen LogP contribution < -0.4 is 0 Å². The minimum absolute atomic E-state index is 0.356. The van der Waals surface area contributed by atoms with Crippen LogP contribution in [0.1, 0.15) is 20.3 Å². The predicted octanol–water partition coefficient (Wildman–Crippen LogP) is 0.844. The molecule has 17 heavy (non-hydrogen) atoms. The van der Waals surface area contributed by atoms with Crippen LogP contribution in [0.4, 0.5) is 0 Å². The first-order valence-corrected chi connectivity index (χ1v) is 6.26. The van der Waals surface area contributed by atoms with Crippen molar-refractivity contribution in [2.24, 2.45) is 0 Å². The number of rotatable bonds is 13. The van der Waals surface area contributed by atoms with Gasteiger partial charge in [0.05, 0.1) is 52.4 Å². The first-order chi connectivity index (χ1) is 8.27. The Morgan fingerprint density at radius 3 is 1.59 bits per heavy atom. The number of aliphatic hydroxyl groups excluding tert-OH is 1. The summed E-state index contributed by atoms with van der Waals surface area (Å²) in [5.74, 6) is 0. The minimum atomic E-state index is -0.415. The highest BCUT2D eigenvalue weighted by atomic mass is 16.6. The van der Waals surface area contributed by atoms with Gasteiger partial charge in [-0.15, -0.1) is 0 Å². The van der Waals surface area contributed by atoms with E-state index in [0.29, 0.717) is 46.2 Å². The number of hydrogen-bond donors (Lipinski definition) is 1. The Morgan fingerprint density at radius 1 is 0.765 bits per heavy atom. The normalized spacial score (nSPS) is 12.9. The Labute approximate surface area is 104 Å². The van der Waals surface area contributed by atoms with E-state index in [1.165, 1.54) is 0 Å². The Morgan fingerprint density at radius 2 is 1.18 bits per heavy atom. The molecular weight excluding hydrogens is 224 g/mol. The lowest BCUT2D eigenvalue weighted by atomic mass is 10.4. The highest BCUT2D eigenvalue weighted by molar-refractivity contribution is 4.41. The average molecular weight is 250 g/mol. The first kappa shape index (κ1) is 16.8. The second kappa shape index (κ2) is 13.9. The smallest absolute Gasteiger partial charge is 0.0745 e. The summed E-state index contributed by atoms with van der Waals surface area (Å²) in [6, 6.07) is 0. The fourth-order valence-electron chi connectivity index (χ4n) is 1.06. The summed E-state index contributed by atoms with van der Waals surface area (Å²) in [5.41, 5.74) is 0. The topological polar surface area (TPSA) is 57.2 Å². The molecule has 0 saturated heterocycles. The van der Waals surface area contributed by atoms with Crippen LogP contribution in [0.15, 0.2) is 0 Å². The molecule has 5 heteroatoms. The minimum Gasteiger partial charge on any atom is -0.391 e. The van der Waals surface area contributed by atoms with Crippen LogP contribution in [0.5, 0.6) is 0 Å². The molecule has 0 aromatic rings. The van der Waals surface area contributed by atoms with Gasteiger partial charge in [-0.1, -0.05) is 6.92 Å². The van der Waals surface area contributed by atoms with E-state index in [1.807, 2.05) is 0 Å². The highest BCUT2D eigenvalue weighted by Gasteiger charge is 1.95. The van der Waals surface area contributed by atoms with Gasteiger partial charge >= 0.3 is 0 Å². The molecule has 0 heterocycles. The summed E-state index contributed by atoms with van der Waals surface area (Å²) in [6.45, 7) is 8.34. The first-order valence-electron chi connectivity index (χ1n) is 6.26. The standard InChI is InChI=1S/C12H26O5/c1-3-4-14-5-6-15-7-8-16-9-10-17-11-12(2)13/h12-13H,3-11H2,1-2H3. The van der Waals surface area contributed by atoms with Crippen LogP contribution >= 0.6 is 0 Å². The lowest BCUT2D eigenvalue weighted by Crippen LogP contribution is -2.15. The fourth-order valence-corrected chi connectivity index (χ4v) is 1.06. The molecule has 0 spiro atoms. The van der Waals surface area contributed by atoms with Crippen LogP contribution in [-0.4, -0.2) is 64.1 Å². The molecule has 0 aliphatic heterocycles. The van der Waals surface area contributed by atoms with E-state index in [0.717, 1.165) is 13.0 Å². The van der Waals surface area contributed by atoms with Crippen molar-refractivity contribution < 1.29 is 24.1 Å². The molecule has 0 radical (unpaired) electrons. The summed E-state index contributed by atoms with van der Waals surface area (Å²) in [5, 5.41) is 8.92. The fraction of sp³-hybridized carbons (Fsp3) is 1.00. The third-order valence-corrected chi connectivity index (χ3v) is 1.82. The van der Waals surface area contributed by atoms with Crippen molar-refractivity contribution in [2.45, 2.75) is 26.4 Å². The van der Waals surface area contributed by atoms with Gasteiger partial charge in [-0.2, -0.15) is 0 Å². The second-order valence-electron chi connectivity index (χ2n) is 3.76. The molecule has 0 rings (SSSR count). The maximum absolute atomic E-state index is 8.92. The van der Waals surface area contributed by atoms with E-state index in [9.17, 15) is 0 Å². The molecule has 1 unspecified atom stereocenters. The molecule has 0 aliphatic rings. The molecule has 0 aromatic heterocycles. The quantitative estimate of drug-likeness (QED) is 0.491. The highest BCUT2D eigenvalue weighted by Crippen LogP contribution is 1.85. The van der Waals surface area contributed by atoms with E-state index in [4.69, 9.17) is 24.1 Å². The Kier molecular flexibility index (Phi) is 13.7. The monoisotopic (exact) mass is 250 g/mol. The third-order valence-electron chi connectivity index (χ3n) is 1.82. The van der Waals surface area contributed by atoms with Gasteiger partial charge in [0, 0.05) is 6.61 Å². The lowest BCUT2D eigenvalue weighted by Gasteiger charge is -2.08. The van der Waals surface area contributed by atoms with E-state index in [2.05, 4.69) is 6.92 Å². The van der Waals surface area contributed by atoms with Crippen LogP contribution in [0.2, 0.25) is 0 Å². The maximum Gasteiger partial charge on any atom is 0.0745 e. The zero-order valence-electron chi connectivity index (χ0n) is 11.0. The summed E-state index contributed by atoms with van der Waals surface area (Å²) in [7, 11) is 0. The van der Waals surface area contributed by atoms with Gasteiger partial charge in [-0.25, -0.2) is 0 Å². The van der Waals surface area contributed by atoms with Gasteiger partial charge in [0.2, 0.25) is 0 Å². The van der Waals surface area contributed by atoms with Crippen LogP contribution in [0.3, 0.4) is 0 Å². The van der Waals surface area contributed by atoms with E-state index < -0.39 is 6.10 Å². The van der Waals surface area contributed by atoms with Crippen molar-refractivity contribution in [3.63, 3.8) is 0 Å².